The standard InChI is InChI=1S/C29H30F2N6O3/c1-2-39-25-12-19(5-6-34-25)15-37(21-4-3-9-35(18-21)24-14-32-7-8-33-24)17-20-16-36-10-11-40-29-26(31)23(30)13-22(27(29)36)28(20)38/h5-8,12-14,16,21H,2-4,9-11,15,17-18H2,1H3/t21-/m0/s1. The van der Waals surface area contributed by atoms with E-state index in [1.807, 2.05) is 19.1 Å². The second-order valence-electron chi connectivity index (χ2n) is 10.1. The Hall–Kier alpha value is -4.12. The molecule has 0 spiro atoms. The lowest BCUT2D eigenvalue weighted by molar-refractivity contribution is 0.157. The number of ether oxygens (including phenoxy) is 2. The molecule has 9 nitrogen and oxygen atoms in total. The number of pyridine rings is 2. The molecule has 0 N–H and O–H groups in total. The van der Waals surface area contributed by atoms with Gasteiger partial charge in [-0.3, -0.25) is 14.7 Å². The van der Waals surface area contributed by atoms with E-state index in [0.717, 1.165) is 36.8 Å². The first-order chi connectivity index (χ1) is 19.5. The lowest BCUT2D eigenvalue weighted by Gasteiger charge is -2.40. The molecule has 6 rings (SSSR count). The number of nitrogens with zero attached hydrogens (tertiary/aromatic N) is 6. The monoisotopic (exact) mass is 548 g/mol. The molecule has 40 heavy (non-hydrogen) atoms. The van der Waals surface area contributed by atoms with E-state index in [1.165, 1.54) is 0 Å². The summed E-state index contributed by atoms with van der Waals surface area (Å²) in [5, 5.41) is 0.124. The number of halogens is 2. The van der Waals surface area contributed by atoms with E-state index in [1.54, 1.807) is 35.6 Å². The highest BCUT2D eigenvalue weighted by Gasteiger charge is 2.29. The molecule has 3 aromatic heterocycles. The van der Waals surface area contributed by atoms with E-state index >= 15 is 0 Å². The fraction of sp³-hybridized carbons (Fsp3) is 0.379. The Bertz CT molecular complexity index is 1580. The molecule has 0 unspecified atom stereocenters. The van der Waals surface area contributed by atoms with Gasteiger partial charge in [0.05, 0.1) is 30.3 Å². The molecule has 0 saturated carbocycles. The lowest BCUT2D eigenvalue weighted by Crippen LogP contribution is -2.48. The number of piperidine rings is 1. The molecule has 0 bridgehead atoms. The topological polar surface area (TPSA) is 85.6 Å². The fourth-order valence-electron chi connectivity index (χ4n) is 5.66. The van der Waals surface area contributed by atoms with Crippen molar-refractivity contribution in [2.24, 2.45) is 0 Å². The smallest absolute Gasteiger partial charge is 0.213 e. The number of rotatable bonds is 8. The van der Waals surface area contributed by atoms with Crippen LogP contribution in [0.1, 0.15) is 30.9 Å². The van der Waals surface area contributed by atoms with Crippen molar-refractivity contribution in [1.82, 2.24) is 24.4 Å². The van der Waals surface area contributed by atoms with E-state index in [9.17, 15) is 13.6 Å². The molecule has 0 aliphatic carbocycles. The van der Waals surface area contributed by atoms with Crippen molar-refractivity contribution in [1.29, 1.82) is 0 Å². The molecule has 0 radical (unpaired) electrons. The zero-order valence-electron chi connectivity index (χ0n) is 22.2. The van der Waals surface area contributed by atoms with Crippen LogP contribution in [0, 0.1) is 11.6 Å². The average Bonchev–Trinajstić information content (AvgIpc) is 2.98. The largest absolute Gasteiger partial charge is 0.486 e. The maximum absolute atomic E-state index is 14.5. The second kappa shape index (κ2) is 11.2. The minimum atomic E-state index is -1.09. The molecule has 1 saturated heterocycles. The number of aromatic nitrogens is 4. The predicted molar refractivity (Wildman–Crippen MR) is 146 cm³/mol. The zero-order valence-corrected chi connectivity index (χ0v) is 22.2. The predicted octanol–water partition coefficient (Wildman–Crippen LogP) is 3.93. The quantitative estimate of drug-likeness (QED) is 0.328. The van der Waals surface area contributed by atoms with Crippen LogP contribution in [-0.4, -0.2) is 56.8 Å². The van der Waals surface area contributed by atoms with Crippen LogP contribution in [0.4, 0.5) is 14.6 Å². The highest BCUT2D eigenvalue weighted by Crippen LogP contribution is 2.33. The van der Waals surface area contributed by atoms with Crippen molar-refractivity contribution in [3.63, 3.8) is 0 Å². The van der Waals surface area contributed by atoms with Crippen molar-refractivity contribution in [2.75, 3.05) is 31.2 Å². The van der Waals surface area contributed by atoms with Crippen LogP contribution in [-0.2, 0) is 19.6 Å². The molecule has 0 amide bonds. The molecule has 208 valence electrons. The number of hydrogen-bond acceptors (Lipinski definition) is 8. The highest BCUT2D eigenvalue weighted by atomic mass is 19.2. The normalized spacial score (nSPS) is 16.8. The first-order valence-corrected chi connectivity index (χ1v) is 13.5. The van der Waals surface area contributed by atoms with Crippen molar-refractivity contribution in [2.45, 2.75) is 45.4 Å². The Balaban J connectivity index is 1.38. The van der Waals surface area contributed by atoms with Crippen LogP contribution in [0.3, 0.4) is 0 Å². The molecule has 11 heteroatoms. The second-order valence-corrected chi connectivity index (χ2v) is 10.1. The number of hydrogen-bond donors (Lipinski definition) is 0. The van der Waals surface area contributed by atoms with E-state index < -0.39 is 11.6 Å². The van der Waals surface area contributed by atoms with Gasteiger partial charge >= 0.3 is 0 Å². The van der Waals surface area contributed by atoms with Crippen molar-refractivity contribution < 1.29 is 18.3 Å². The lowest BCUT2D eigenvalue weighted by atomic mass is 10.0. The van der Waals surface area contributed by atoms with Gasteiger partial charge in [-0.1, -0.05) is 0 Å². The van der Waals surface area contributed by atoms with Crippen LogP contribution in [0.25, 0.3) is 10.9 Å². The van der Waals surface area contributed by atoms with Gasteiger partial charge in [0.2, 0.25) is 11.7 Å². The van der Waals surface area contributed by atoms with E-state index in [4.69, 9.17) is 9.47 Å². The molecular weight excluding hydrogens is 518 g/mol. The Kier molecular flexibility index (Phi) is 7.29. The van der Waals surface area contributed by atoms with Gasteiger partial charge in [-0.2, -0.15) is 4.39 Å². The summed E-state index contributed by atoms with van der Waals surface area (Å²) in [7, 11) is 0. The first-order valence-electron chi connectivity index (χ1n) is 13.5. The zero-order chi connectivity index (χ0) is 27.6. The van der Waals surface area contributed by atoms with Gasteiger partial charge in [-0.25, -0.2) is 14.4 Å². The third kappa shape index (κ3) is 5.08. The molecule has 1 aromatic carbocycles. The number of benzene rings is 1. The van der Waals surface area contributed by atoms with Crippen LogP contribution < -0.4 is 19.8 Å². The molecule has 4 aromatic rings. The average molecular weight is 549 g/mol. The van der Waals surface area contributed by atoms with Gasteiger partial charge in [0.15, 0.2) is 17.0 Å². The van der Waals surface area contributed by atoms with Crippen LogP contribution >= 0.6 is 0 Å². The Morgan fingerprint density at radius 2 is 2.05 bits per heavy atom. The van der Waals surface area contributed by atoms with E-state index in [-0.39, 0.29) is 29.2 Å². The summed E-state index contributed by atoms with van der Waals surface area (Å²) in [4.78, 5) is 31.2. The summed E-state index contributed by atoms with van der Waals surface area (Å²) in [6.07, 6.45) is 10.5. The van der Waals surface area contributed by atoms with Gasteiger partial charge in [0.1, 0.15) is 12.4 Å². The third-order valence-corrected chi connectivity index (χ3v) is 7.50. The fourth-order valence-corrected chi connectivity index (χ4v) is 5.66. The molecule has 2 aliphatic rings. The molecule has 5 heterocycles. The van der Waals surface area contributed by atoms with Gasteiger partial charge in [-0.15, -0.1) is 0 Å². The Morgan fingerprint density at radius 1 is 1.15 bits per heavy atom. The van der Waals surface area contributed by atoms with Crippen LogP contribution in [0.5, 0.6) is 11.6 Å². The van der Waals surface area contributed by atoms with E-state index in [2.05, 4.69) is 24.8 Å². The van der Waals surface area contributed by atoms with Gasteiger partial charge in [-0.05, 0) is 37.5 Å². The minimum absolute atomic E-state index is 0.0970. The summed E-state index contributed by atoms with van der Waals surface area (Å²) in [6.45, 7) is 5.50. The first kappa shape index (κ1) is 26.1. The molecule has 2 aliphatic heterocycles. The summed E-state index contributed by atoms with van der Waals surface area (Å²) in [5.74, 6) is -0.994. The van der Waals surface area contributed by atoms with Gasteiger partial charge in [0.25, 0.3) is 0 Å². The highest BCUT2D eigenvalue weighted by molar-refractivity contribution is 5.86. The van der Waals surface area contributed by atoms with Crippen molar-refractivity contribution >= 4 is 16.7 Å². The molecule has 1 fully saturated rings. The van der Waals surface area contributed by atoms with Crippen LogP contribution in [0.2, 0.25) is 0 Å². The van der Waals surface area contributed by atoms with E-state index in [0.29, 0.717) is 49.7 Å². The van der Waals surface area contributed by atoms with Crippen molar-refractivity contribution in [3.8, 4) is 11.6 Å². The molecule has 1 atom stereocenters. The Labute approximate surface area is 230 Å². The number of anilines is 1. The summed E-state index contributed by atoms with van der Waals surface area (Å²) in [6, 6.07) is 4.94. The van der Waals surface area contributed by atoms with Gasteiger partial charge < -0.3 is 18.9 Å². The Morgan fingerprint density at radius 3 is 2.88 bits per heavy atom. The van der Waals surface area contributed by atoms with Crippen molar-refractivity contribution in [3.05, 3.63) is 82.2 Å². The summed E-state index contributed by atoms with van der Waals surface area (Å²) >= 11 is 0. The minimum Gasteiger partial charge on any atom is -0.486 e. The third-order valence-electron chi connectivity index (χ3n) is 7.50. The summed E-state index contributed by atoms with van der Waals surface area (Å²) < 4.78 is 41.8. The maximum atomic E-state index is 14.5. The molecular formula is C29H30F2N6O3. The summed E-state index contributed by atoms with van der Waals surface area (Å²) in [5.41, 5.74) is 1.49. The van der Waals surface area contributed by atoms with Crippen LogP contribution in [0.15, 0.2) is 54.0 Å². The van der Waals surface area contributed by atoms with Gasteiger partial charge in [0, 0.05) is 68.6 Å². The SMILES string of the molecule is CCOc1cc(CN(Cc2cn3c4c(c(F)c(F)cc4c2=O)OCC3)[C@H]2CCCN(c3cnccn3)C2)ccn1. The maximum Gasteiger partial charge on any atom is 0.213 e.